The molecule has 0 amide bonds. The highest BCUT2D eigenvalue weighted by Crippen LogP contribution is 2.26. The molecular formula is C11H13ClO4S. The molecule has 0 saturated carbocycles. The Morgan fingerprint density at radius 2 is 2.06 bits per heavy atom. The van der Waals surface area contributed by atoms with Gasteiger partial charge in [0.1, 0.15) is 6.10 Å². The van der Waals surface area contributed by atoms with Gasteiger partial charge in [-0.25, -0.2) is 4.79 Å². The van der Waals surface area contributed by atoms with Crippen LogP contribution < -0.4 is 0 Å². The predicted molar refractivity (Wildman–Crippen MR) is 67.8 cm³/mol. The Hall–Kier alpha value is -0.750. The van der Waals surface area contributed by atoms with E-state index in [4.69, 9.17) is 16.7 Å². The topological polar surface area (TPSA) is 77.8 Å². The standard InChI is InChI=1S/C11H13ClO4S/c12-6-1-2-7(11(15)16)8(5-6)10(14)9(13)3-4-17/h1-2,5,9-10,13-14,17H,3-4H2,(H,15,16). The summed E-state index contributed by atoms with van der Waals surface area (Å²) in [4.78, 5) is 11.0. The lowest BCUT2D eigenvalue weighted by Gasteiger charge is -2.19. The number of rotatable bonds is 5. The number of carboxylic acid groups (broad SMARTS) is 1. The van der Waals surface area contributed by atoms with Crippen molar-refractivity contribution in [2.24, 2.45) is 0 Å². The van der Waals surface area contributed by atoms with Gasteiger partial charge in [0.25, 0.3) is 0 Å². The third-order valence-electron chi connectivity index (χ3n) is 2.35. The van der Waals surface area contributed by atoms with Crippen LogP contribution in [0, 0.1) is 0 Å². The highest BCUT2D eigenvalue weighted by molar-refractivity contribution is 7.80. The molecule has 0 fully saturated rings. The molecule has 2 atom stereocenters. The zero-order valence-electron chi connectivity index (χ0n) is 8.88. The molecular weight excluding hydrogens is 264 g/mol. The van der Waals surface area contributed by atoms with Crippen molar-refractivity contribution in [3.63, 3.8) is 0 Å². The number of benzene rings is 1. The molecule has 1 rings (SSSR count). The number of aliphatic hydroxyl groups excluding tert-OH is 2. The number of aliphatic hydroxyl groups is 2. The van der Waals surface area contributed by atoms with E-state index in [9.17, 15) is 15.0 Å². The number of halogens is 1. The van der Waals surface area contributed by atoms with E-state index in [1.54, 1.807) is 0 Å². The Morgan fingerprint density at radius 3 is 2.59 bits per heavy atom. The van der Waals surface area contributed by atoms with Gasteiger partial charge in [-0.1, -0.05) is 11.6 Å². The molecule has 0 bridgehead atoms. The fraction of sp³-hybridized carbons (Fsp3) is 0.364. The average molecular weight is 277 g/mol. The highest BCUT2D eigenvalue weighted by Gasteiger charge is 2.23. The van der Waals surface area contributed by atoms with Crippen molar-refractivity contribution >= 4 is 30.2 Å². The maximum absolute atomic E-state index is 11.0. The van der Waals surface area contributed by atoms with Crippen LogP contribution in [0.15, 0.2) is 18.2 Å². The van der Waals surface area contributed by atoms with Gasteiger partial charge in [-0.15, -0.1) is 0 Å². The van der Waals surface area contributed by atoms with Crippen LogP contribution in [0.4, 0.5) is 0 Å². The molecule has 0 aliphatic heterocycles. The second kappa shape index (κ2) is 6.26. The summed E-state index contributed by atoms with van der Waals surface area (Å²) < 4.78 is 0. The Bertz CT molecular complexity index is 410. The number of hydrogen-bond donors (Lipinski definition) is 4. The molecule has 0 saturated heterocycles. The third kappa shape index (κ3) is 3.61. The Kier molecular flexibility index (Phi) is 5.27. The maximum Gasteiger partial charge on any atom is 0.336 e. The molecule has 3 N–H and O–H groups in total. The number of carbonyl (C=O) groups is 1. The second-order valence-electron chi connectivity index (χ2n) is 3.56. The van der Waals surface area contributed by atoms with Gasteiger partial charge in [-0.2, -0.15) is 12.6 Å². The molecule has 0 aliphatic rings. The maximum atomic E-state index is 11.0. The van der Waals surface area contributed by atoms with E-state index < -0.39 is 18.2 Å². The number of hydrogen-bond acceptors (Lipinski definition) is 4. The minimum Gasteiger partial charge on any atom is -0.478 e. The number of aromatic carboxylic acids is 1. The van der Waals surface area contributed by atoms with Crippen LogP contribution in [-0.2, 0) is 0 Å². The lowest BCUT2D eigenvalue weighted by atomic mass is 9.97. The zero-order valence-corrected chi connectivity index (χ0v) is 10.5. The molecule has 17 heavy (non-hydrogen) atoms. The van der Waals surface area contributed by atoms with E-state index in [1.807, 2.05) is 0 Å². The van der Waals surface area contributed by atoms with Gasteiger partial charge in [0.2, 0.25) is 0 Å². The lowest BCUT2D eigenvalue weighted by Crippen LogP contribution is -2.21. The van der Waals surface area contributed by atoms with Crippen molar-refractivity contribution in [1.29, 1.82) is 0 Å². The number of carboxylic acids is 1. The molecule has 4 nitrogen and oxygen atoms in total. The molecule has 6 heteroatoms. The van der Waals surface area contributed by atoms with Crippen molar-refractivity contribution in [3.05, 3.63) is 34.3 Å². The molecule has 0 aromatic heterocycles. The summed E-state index contributed by atoms with van der Waals surface area (Å²) in [6, 6.07) is 4.07. The van der Waals surface area contributed by atoms with Gasteiger partial charge >= 0.3 is 5.97 Å². The fourth-order valence-electron chi connectivity index (χ4n) is 1.47. The van der Waals surface area contributed by atoms with Gasteiger partial charge in [-0.3, -0.25) is 0 Å². The molecule has 1 aromatic rings. The first kappa shape index (κ1) is 14.3. The molecule has 1 aromatic carbocycles. The summed E-state index contributed by atoms with van der Waals surface area (Å²) >= 11 is 9.69. The number of thiol groups is 1. The van der Waals surface area contributed by atoms with Gasteiger partial charge in [0, 0.05) is 5.02 Å². The SMILES string of the molecule is O=C(O)c1ccc(Cl)cc1C(O)C(O)CCS. The van der Waals surface area contributed by atoms with Crippen molar-refractivity contribution in [3.8, 4) is 0 Å². The molecule has 2 unspecified atom stereocenters. The van der Waals surface area contributed by atoms with Crippen molar-refractivity contribution in [1.82, 2.24) is 0 Å². The minimum atomic E-state index is -1.29. The van der Waals surface area contributed by atoms with Crippen molar-refractivity contribution < 1.29 is 20.1 Å². The van der Waals surface area contributed by atoms with Crippen LogP contribution in [0.2, 0.25) is 5.02 Å². The van der Waals surface area contributed by atoms with Crippen LogP contribution >= 0.6 is 24.2 Å². The predicted octanol–water partition coefficient (Wildman–Crippen LogP) is 1.75. The van der Waals surface area contributed by atoms with Crippen molar-refractivity contribution in [2.45, 2.75) is 18.6 Å². The Labute approximate surface area is 109 Å². The Balaban J connectivity index is 3.10. The first-order chi connectivity index (χ1) is 7.97. The van der Waals surface area contributed by atoms with Crippen molar-refractivity contribution in [2.75, 3.05) is 5.75 Å². The summed E-state index contributed by atoms with van der Waals surface area (Å²) in [7, 11) is 0. The monoisotopic (exact) mass is 276 g/mol. The summed E-state index contributed by atoms with van der Waals surface area (Å²) in [5, 5.41) is 28.8. The van der Waals surface area contributed by atoms with Crippen LogP contribution in [0.25, 0.3) is 0 Å². The van der Waals surface area contributed by atoms with Gasteiger partial charge < -0.3 is 15.3 Å². The van der Waals surface area contributed by atoms with Crippen LogP contribution in [-0.4, -0.2) is 33.1 Å². The summed E-state index contributed by atoms with van der Waals surface area (Å²) in [5.74, 6) is -0.782. The van der Waals surface area contributed by atoms with E-state index in [0.29, 0.717) is 10.8 Å². The van der Waals surface area contributed by atoms with E-state index in [0.717, 1.165) is 0 Å². The molecule has 0 heterocycles. The third-order valence-corrected chi connectivity index (χ3v) is 2.85. The van der Waals surface area contributed by atoms with E-state index in [2.05, 4.69) is 12.6 Å². The highest BCUT2D eigenvalue weighted by atomic mass is 35.5. The largest absolute Gasteiger partial charge is 0.478 e. The fourth-order valence-corrected chi connectivity index (χ4v) is 1.92. The Morgan fingerprint density at radius 1 is 1.41 bits per heavy atom. The van der Waals surface area contributed by atoms with Crippen LogP contribution in [0.1, 0.15) is 28.4 Å². The lowest BCUT2D eigenvalue weighted by molar-refractivity contribution is 0.0162. The quantitative estimate of drug-likeness (QED) is 0.618. The molecule has 0 aliphatic carbocycles. The normalized spacial score (nSPS) is 14.4. The average Bonchev–Trinajstić information content (AvgIpc) is 2.27. The summed E-state index contributed by atoms with van der Waals surface area (Å²) in [6.07, 6.45) is -2.09. The molecule has 0 radical (unpaired) electrons. The minimum absolute atomic E-state index is 0.0693. The van der Waals surface area contributed by atoms with Gasteiger partial charge in [0.05, 0.1) is 11.7 Å². The van der Waals surface area contributed by atoms with Crippen LogP contribution in [0.3, 0.4) is 0 Å². The smallest absolute Gasteiger partial charge is 0.336 e. The first-order valence-electron chi connectivity index (χ1n) is 4.97. The van der Waals surface area contributed by atoms with Gasteiger partial charge in [0.15, 0.2) is 0 Å². The van der Waals surface area contributed by atoms with Crippen LogP contribution in [0.5, 0.6) is 0 Å². The van der Waals surface area contributed by atoms with E-state index in [1.165, 1.54) is 18.2 Å². The van der Waals surface area contributed by atoms with Gasteiger partial charge in [-0.05, 0) is 35.9 Å². The summed E-state index contributed by atoms with van der Waals surface area (Å²) in [5.41, 5.74) is 0.0411. The summed E-state index contributed by atoms with van der Waals surface area (Å²) in [6.45, 7) is 0. The van der Waals surface area contributed by atoms with E-state index in [-0.39, 0.29) is 17.5 Å². The van der Waals surface area contributed by atoms with E-state index >= 15 is 0 Å². The first-order valence-corrected chi connectivity index (χ1v) is 5.98. The molecule has 94 valence electrons. The zero-order chi connectivity index (χ0) is 13.0. The second-order valence-corrected chi connectivity index (χ2v) is 4.44. The molecule has 0 spiro atoms.